The summed E-state index contributed by atoms with van der Waals surface area (Å²) in [6.45, 7) is 0. The molecule has 114 valence electrons. The van der Waals surface area contributed by atoms with Gasteiger partial charge < -0.3 is 4.57 Å². The number of nitrogens with zero attached hydrogens (tertiary/aromatic N) is 1. The van der Waals surface area contributed by atoms with Gasteiger partial charge in [0.1, 0.15) is 0 Å². The average molecular weight is 419 g/mol. The molecule has 0 N–H and O–H groups in total. The van der Waals surface area contributed by atoms with Crippen molar-refractivity contribution in [3.63, 3.8) is 0 Å². The number of para-hydroxylation sites is 1. The molecule has 5 aromatic rings. The Morgan fingerprint density at radius 3 is 2.25 bits per heavy atom. The molecule has 0 bridgehead atoms. The fourth-order valence-electron chi connectivity index (χ4n) is 3.54. The molecule has 4 aromatic carbocycles. The standard InChI is InChI=1S/C22H14IN/c23-17-10-12-22-20(14-17)19-7-3-4-8-21(19)24(22)18-11-9-15-5-1-2-6-16(15)13-18/h1-14H. The van der Waals surface area contributed by atoms with Crippen LogP contribution in [0.1, 0.15) is 0 Å². The van der Waals surface area contributed by atoms with Gasteiger partial charge in [0.2, 0.25) is 0 Å². The highest BCUT2D eigenvalue weighted by molar-refractivity contribution is 14.1. The molecule has 0 atom stereocenters. The molecule has 24 heavy (non-hydrogen) atoms. The van der Waals surface area contributed by atoms with Crippen molar-refractivity contribution >= 4 is 55.2 Å². The zero-order chi connectivity index (χ0) is 16.1. The summed E-state index contributed by atoms with van der Waals surface area (Å²) in [5.74, 6) is 0. The highest BCUT2D eigenvalue weighted by Crippen LogP contribution is 2.33. The molecule has 1 heterocycles. The van der Waals surface area contributed by atoms with Crippen LogP contribution in [0, 0.1) is 3.57 Å². The second-order valence-corrected chi connectivity index (χ2v) is 7.29. The van der Waals surface area contributed by atoms with Gasteiger partial charge in [0, 0.05) is 20.0 Å². The van der Waals surface area contributed by atoms with E-state index in [0.717, 1.165) is 0 Å². The molecule has 0 aliphatic heterocycles. The quantitative estimate of drug-likeness (QED) is 0.272. The van der Waals surface area contributed by atoms with Crippen LogP contribution in [0.2, 0.25) is 0 Å². The predicted molar refractivity (Wildman–Crippen MR) is 111 cm³/mol. The lowest BCUT2D eigenvalue weighted by Gasteiger charge is -2.09. The minimum absolute atomic E-state index is 1.21. The maximum Gasteiger partial charge on any atom is 0.0541 e. The summed E-state index contributed by atoms with van der Waals surface area (Å²) in [5.41, 5.74) is 3.72. The van der Waals surface area contributed by atoms with Gasteiger partial charge in [0.05, 0.1) is 11.0 Å². The topological polar surface area (TPSA) is 4.93 Å². The van der Waals surface area contributed by atoms with Gasteiger partial charge in [-0.15, -0.1) is 0 Å². The maximum atomic E-state index is 2.39. The molecule has 1 nitrogen and oxygen atoms in total. The molecule has 0 amide bonds. The first-order chi connectivity index (χ1) is 11.8. The third-order valence-corrected chi connectivity index (χ3v) is 5.30. The third-order valence-electron chi connectivity index (χ3n) is 4.63. The monoisotopic (exact) mass is 419 g/mol. The van der Waals surface area contributed by atoms with E-state index in [2.05, 4.69) is 112 Å². The minimum Gasteiger partial charge on any atom is -0.309 e. The van der Waals surface area contributed by atoms with E-state index in [1.807, 2.05) is 0 Å². The number of hydrogen-bond acceptors (Lipinski definition) is 0. The van der Waals surface area contributed by atoms with E-state index in [4.69, 9.17) is 0 Å². The molecule has 0 unspecified atom stereocenters. The van der Waals surface area contributed by atoms with Crippen LogP contribution in [-0.2, 0) is 0 Å². The lowest BCUT2D eigenvalue weighted by Crippen LogP contribution is -1.93. The smallest absolute Gasteiger partial charge is 0.0541 e. The van der Waals surface area contributed by atoms with Crippen LogP contribution in [0.25, 0.3) is 38.3 Å². The summed E-state index contributed by atoms with van der Waals surface area (Å²) in [5, 5.41) is 5.16. The molecule has 0 saturated heterocycles. The van der Waals surface area contributed by atoms with Crippen LogP contribution in [0.15, 0.2) is 84.9 Å². The van der Waals surface area contributed by atoms with Crippen molar-refractivity contribution in [2.75, 3.05) is 0 Å². The van der Waals surface area contributed by atoms with Crippen molar-refractivity contribution in [2.24, 2.45) is 0 Å². The molecular formula is C22H14IN. The lowest BCUT2D eigenvalue weighted by atomic mass is 10.1. The Morgan fingerprint density at radius 1 is 0.583 bits per heavy atom. The van der Waals surface area contributed by atoms with E-state index in [1.54, 1.807) is 0 Å². The second kappa shape index (κ2) is 5.35. The lowest BCUT2D eigenvalue weighted by molar-refractivity contribution is 1.19. The first-order valence-electron chi connectivity index (χ1n) is 7.99. The summed E-state index contributed by atoms with van der Waals surface area (Å²) >= 11 is 2.39. The van der Waals surface area contributed by atoms with E-state index < -0.39 is 0 Å². The minimum atomic E-state index is 1.21. The first-order valence-corrected chi connectivity index (χ1v) is 9.07. The molecule has 0 aliphatic rings. The van der Waals surface area contributed by atoms with Crippen LogP contribution in [0.5, 0.6) is 0 Å². The van der Waals surface area contributed by atoms with E-state index >= 15 is 0 Å². The van der Waals surface area contributed by atoms with Gasteiger partial charge in [-0.2, -0.15) is 0 Å². The van der Waals surface area contributed by atoms with Crippen molar-refractivity contribution in [3.8, 4) is 5.69 Å². The fourth-order valence-corrected chi connectivity index (χ4v) is 4.03. The summed E-state index contributed by atoms with van der Waals surface area (Å²) in [6.07, 6.45) is 0. The molecule has 2 heteroatoms. The van der Waals surface area contributed by atoms with Gasteiger partial charge >= 0.3 is 0 Å². The number of fused-ring (bicyclic) bond motifs is 4. The Kier molecular flexibility index (Phi) is 3.13. The summed E-state index contributed by atoms with van der Waals surface area (Å²) < 4.78 is 3.63. The van der Waals surface area contributed by atoms with Gasteiger partial charge in [-0.25, -0.2) is 0 Å². The normalized spacial score (nSPS) is 11.5. The number of benzene rings is 4. The Hall–Kier alpha value is -2.33. The highest BCUT2D eigenvalue weighted by atomic mass is 127. The SMILES string of the molecule is Ic1ccc2c(c1)c1ccccc1n2-c1ccc2ccccc2c1. The number of hydrogen-bond donors (Lipinski definition) is 0. The Balaban J connectivity index is 1.92. The predicted octanol–water partition coefficient (Wildman–Crippen LogP) is 6.54. The molecule has 0 radical (unpaired) electrons. The molecule has 0 saturated carbocycles. The van der Waals surface area contributed by atoms with Gasteiger partial charge in [-0.3, -0.25) is 0 Å². The molecular weight excluding hydrogens is 405 g/mol. The van der Waals surface area contributed by atoms with Crippen molar-refractivity contribution in [2.45, 2.75) is 0 Å². The highest BCUT2D eigenvalue weighted by Gasteiger charge is 2.12. The van der Waals surface area contributed by atoms with Crippen molar-refractivity contribution in [1.29, 1.82) is 0 Å². The molecule has 0 fully saturated rings. The van der Waals surface area contributed by atoms with E-state index in [0.29, 0.717) is 0 Å². The molecule has 5 rings (SSSR count). The van der Waals surface area contributed by atoms with Gasteiger partial charge in [-0.1, -0.05) is 48.5 Å². The summed E-state index contributed by atoms with van der Waals surface area (Å²) in [4.78, 5) is 0. The molecule has 0 spiro atoms. The fraction of sp³-hybridized carbons (Fsp3) is 0. The Bertz CT molecular complexity index is 1220. The maximum absolute atomic E-state index is 2.39. The van der Waals surface area contributed by atoms with Crippen LogP contribution in [-0.4, -0.2) is 4.57 Å². The van der Waals surface area contributed by atoms with Crippen LogP contribution < -0.4 is 0 Å². The van der Waals surface area contributed by atoms with Crippen LogP contribution in [0.4, 0.5) is 0 Å². The van der Waals surface area contributed by atoms with Gasteiger partial charge in [0.25, 0.3) is 0 Å². The number of rotatable bonds is 1. The number of aromatic nitrogens is 1. The second-order valence-electron chi connectivity index (χ2n) is 6.05. The van der Waals surface area contributed by atoms with Gasteiger partial charge in [-0.05, 0) is 69.8 Å². The van der Waals surface area contributed by atoms with Gasteiger partial charge in [0.15, 0.2) is 0 Å². The van der Waals surface area contributed by atoms with E-state index in [1.165, 1.54) is 41.8 Å². The van der Waals surface area contributed by atoms with Crippen molar-refractivity contribution < 1.29 is 0 Å². The zero-order valence-corrected chi connectivity index (χ0v) is 15.1. The third kappa shape index (κ3) is 2.06. The average Bonchev–Trinajstić information content (AvgIpc) is 2.95. The summed E-state index contributed by atoms with van der Waals surface area (Å²) in [6, 6.07) is 30.6. The van der Waals surface area contributed by atoms with Crippen LogP contribution >= 0.6 is 22.6 Å². The molecule has 1 aromatic heterocycles. The van der Waals surface area contributed by atoms with E-state index in [-0.39, 0.29) is 0 Å². The molecule has 0 aliphatic carbocycles. The Morgan fingerprint density at radius 2 is 1.33 bits per heavy atom. The zero-order valence-electron chi connectivity index (χ0n) is 12.9. The summed E-state index contributed by atoms with van der Waals surface area (Å²) in [7, 11) is 0. The number of halogens is 1. The van der Waals surface area contributed by atoms with Crippen LogP contribution in [0.3, 0.4) is 0 Å². The Labute approximate surface area is 153 Å². The van der Waals surface area contributed by atoms with E-state index in [9.17, 15) is 0 Å². The van der Waals surface area contributed by atoms with Crippen molar-refractivity contribution in [1.82, 2.24) is 4.57 Å². The first kappa shape index (κ1) is 14.1. The largest absolute Gasteiger partial charge is 0.309 e. The van der Waals surface area contributed by atoms with Crippen molar-refractivity contribution in [3.05, 3.63) is 88.5 Å².